The molecule has 0 bridgehead atoms. The van der Waals surface area contributed by atoms with Crippen LogP contribution >= 0.6 is 0 Å². The first-order chi connectivity index (χ1) is 9.33. The molecule has 2 saturated heterocycles. The zero-order chi connectivity index (χ0) is 14.9. The summed E-state index contributed by atoms with van der Waals surface area (Å²) < 4.78 is 0. The lowest BCUT2D eigenvalue weighted by Crippen LogP contribution is -2.55. The summed E-state index contributed by atoms with van der Waals surface area (Å²) in [5.41, 5.74) is -2.01. The number of amides is 3. The zero-order valence-electron chi connectivity index (χ0n) is 11.3. The van der Waals surface area contributed by atoms with Gasteiger partial charge < -0.3 is 25.7 Å². The van der Waals surface area contributed by atoms with Crippen LogP contribution in [0.3, 0.4) is 0 Å². The Morgan fingerprint density at radius 1 is 1.55 bits per heavy atom. The molecule has 4 N–H and O–H groups in total. The van der Waals surface area contributed by atoms with Gasteiger partial charge in [0.15, 0.2) is 5.60 Å². The molecule has 2 rings (SSSR count). The van der Waals surface area contributed by atoms with Gasteiger partial charge in [0.25, 0.3) is 0 Å². The number of carboxylic acid groups (broad SMARTS) is 1. The number of hydrogen-bond donors (Lipinski definition) is 4. The first kappa shape index (κ1) is 14.6. The summed E-state index contributed by atoms with van der Waals surface area (Å²) in [7, 11) is 0. The standard InChI is InChI=1S/C12H19N3O5/c1-12(20,10(17)18)6-14-11(19)15-4-2-3-7-8(15)5-13-9(7)16/h7-8,20H,2-6H2,1H3,(H,13,16)(H,14,19)(H,17,18). The van der Waals surface area contributed by atoms with E-state index in [1.165, 1.54) is 0 Å². The summed E-state index contributed by atoms with van der Waals surface area (Å²) in [5.74, 6) is -1.62. The van der Waals surface area contributed by atoms with Crippen molar-refractivity contribution in [3.8, 4) is 0 Å². The van der Waals surface area contributed by atoms with Gasteiger partial charge in [0, 0.05) is 13.1 Å². The van der Waals surface area contributed by atoms with Gasteiger partial charge >= 0.3 is 12.0 Å². The first-order valence-electron chi connectivity index (χ1n) is 6.61. The van der Waals surface area contributed by atoms with E-state index >= 15 is 0 Å². The van der Waals surface area contributed by atoms with Gasteiger partial charge in [0.05, 0.1) is 18.5 Å². The number of carbonyl (C=O) groups is 3. The van der Waals surface area contributed by atoms with E-state index < -0.39 is 17.6 Å². The summed E-state index contributed by atoms with van der Waals surface area (Å²) in [6, 6.07) is -0.635. The van der Waals surface area contributed by atoms with Crippen LogP contribution in [0.2, 0.25) is 0 Å². The number of piperidine rings is 1. The van der Waals surface area contributed by atoms with Crippen LogP contribution in [0.25, 0.3) is 0 Å². The zero-order valence-corrected chi connectivity index (χ0v) is 11.3. The molecule has 3 amide bonds. The fourth-order valence-electron chi connectivity index (χ4n) is 2.63. The number of hydrogen-bond acceptors (Lipinski definition) is 4. The third kappa shape index (κ3) is 2.69. The monoisotopic (exact) mass is 285 g/mol. The number of aliphatic carboxylic acids is 1. The SMILES string of the molecule is CC(O)(CNC(=O)N1CCCC2C(=O)NCC21)C(=O)O. The van der Waals surface area contributed by atoms with E-state index in [1.807, 2.05) is 0 Å². The molecule has 2 aliphatic rings. The average Bonchev–Trinajstić information content (AvgIpc) is 2.78. The fraction of sp³-hybridized carbons (Fsp3) is 0.750. The molecule has 3 unspecified atom stereocenters. The number of nitrogens with zero attached hydrogens (tertiary/aromatic N) is 1. The highest BCUT2D eigenvalue weighted by Crippen LogP contribution is 2.27. The molecular formula is C12H19N3O5. The quantitative estimate of drug-likeness (QED) is 0.516. The van der Waals surface area contributed by atoms with Gasteiger partial charge in [-0.05, 0) is 19.8 Å². The van der Waals surface area contributed by atoms with Crippen molar-refractivity contribution in [2.24, 2.45) is 5.92 Å². The molecule has 3 atom stereocenters. The van der Waals surface area contributed by atoms with Crippen LogP contribution in [0.4, 0.5) is 4.79 Å². The van der Waals surface area contributed by atoms with Crippen LogP contribution in [0, 0.1) is 5.92 Å². The molecule has 8 heteroatoms. The van der Waals surface area contributed by atoms with Crippen molar-refractivity contribution < 1.29 is 24.6 Å². The van der Waals surface area contributed by atoms with Crippen molar-refractivity contribution in [2.45, 2.75) is 31.4 Å². The maximum Gasteiger partial charge on any atom is 0.337 e. The van der Waals surface area contributed by atoms with Crippen LogP contribution in [0.15, 0.2) is 0 Å². The molecule has 8 nitrogen and oxygen atoms in total. The van der Waals surface area contributed by atoms with Crippen molar-refractivity contribution in [3.63, 3.8) is 0 Å². The Kier molecular flexibility index (Phi) is 3.85. The molecule has 2 aliphatic heterocycles. The number of rotatable bonds is 3. The second kappa shape index (κ2) is 5.28. The summed E-state index contributed by atoms with van der Waals surface area (Å²) in [4.78, 5) is 36.0. The Morgan fingerprint density at radius 2 is 2.25 bits per heavy atom. The summed E-state index contributed by atoms with van der Waals surface area (Å²) in [5, 5.41) is 23.5. The Hall–Kier alpha value is -1.83. The van der Waals surface area contributed by atoms with Gasteiger partial charge in [-0.2, -0.15) is 0 Å². The minimum Gasteiger partial charge on any atom is -0.479 e. The van der Waals surface area contributed by atoms with Crippen LogP contribution in [-0.2, 0) is 9.59 Å². The van der Waals surface area contributed by atoms with Crippen LogP contribution < -0.4 is 10.6 Å². The molecule has 0 saturated carbocycles. The van der Waals surface area contributed by atoms with E-state index in [-0.39, 0.29) is 24.4 Å². The molecule has 2 heterocycles. The fourth-order valence-corrected chi connectivity index (χ4v) is 2.63. The van der Waals surface area contributed by atoms with E-state index in [9.17, 15) is 19.5 Å². The lowest BCUT2D eigenvalue weighted by atomic mass is 9.92. The van der Waals surface area contributed by atoms with Crippen LogP contribution in [0.1, 0.15) is 19.8 Å². The van der Waals surface area contributed by atoms with Gasteiger partial charge in [-0.15, -0.1) is 0 Å². The molecule has 0 aromatic rings. The van der Waals surface area contributed by atoms with E-state index in [2.05, 4.69) is 10.6 Å². The molecule has 0 aliphatic carbocycles. The number of carboxylic acids is 1. The Labute approximate surface area is 116 Å². The molecule has 0 spiro atoms. The van der Waals surface area contributed by atoms with E-state index in [4.69, 9.17) is 5.11 Å². The number of urea groups is 1. The Balaban J connectivity index is 1.95. The van der Waals surface area contributed by atoms with Gasteiger partial charge in [0.2, 0.25) is 5.91 Å². The Bertz CT molecular complexity index is 437. The lowest BCUT2D eigenvalue weighted by molar-refractivity contribution is -0.155. The molecule has 0 aromatic heterocycles. The van der Waals surface area contributed by atoms with Crippen molar-refractivity contribution in [2.75, 3.05) is 19.6 Å². The maximum atomic E-state index is 12.1. The van der Waals surface area contributed by atoms with Crippen LogP contribution in [-0.4, -0.2) is 64.3 Å². The number of aliphatic hydroxyl groups is 1. The number of likely N-dealkylation sites (tertiary alicyclic amines) is 1. The molecule has 20 heavy (non-hydrogen) atoms. The van der Waals surface area contributed by atoms with E-state index in [1.54, 1.807) is 4.90 Å². The predicted octanol–water partition coefficient (Wildman–Crippen LogP) is -1.26. The lowest BCUT2D eigenvalue weighted by Gasteiger charge is -2.36. The predicted molar refractivity (Wildman–Crippen MR) is 67.9 cm³/mol. The molecule has 112 valence electrons. The van der Waals surface area contributed by atoms with Crippen LogP contribution in [0.5, 0.6) is 0 Å². The highest BCUT2D eigenvalue weighted by Gasteiger charge is 2.43. The van der Waals surface area contributed by atoms with Crippen molar-refractivity contribution in [1.82, 2.24) is 15.5 Å². The third-order valence-corrected chi connectivity index (χ3v) is 3.91. The second-order valence-corrected chi connectivity index (χ2v) is 5.49. The van der Waals surface area contributed by atoms with Crippen molar-refractivity contribution >= 4 is 17.9 Å². The van der Waals surface area contributed by atoms with Gasteiger partial charge in [0.1, 0.15) is 0 Å². The summed E-state index contributed by atoms with van der Waals surface area (Å²) in [6.07, 6.45) is 1.49. The van der Waals surface area contributed by atoms with E-state index in [0.29, 0.717) is 13.1 Å². The summed E-state index contributed by atoms with van der Waals surface area (Å²) in [6.45, 7) is 1.69. The molecular weight excluding hydrogens is 266 g/mol. The first-order valence-corrected chi connectivity index (χ1v) is 6.61. The van der Waals surface area contributed by atoms with Gasteiger partial charge in [-0.25, -0.2) is 9.59 Å². The normalized spacial score (nSPS) is 28.3. The molecule has 2 fully saturated rings. The van der Waals surface area contributed by atoms with Gasteiger partial charge in [-0.3, -0.25) is 4.79 Å². The topological polar surface area (TPSA) is 119 Å². The maximum absolute atomic E-state index is 12.1. The van der Waals surface area contributed by atoms with Crippen molar-refractivity contribution in [1.29, 1.82) is 0 Å². The number of nitrogens with one attached hydrogen (secondary N) is 2. The Morgan fingerprint density at radius 3 is 2.90 bits per heavy atom. The highest BCUT2D eigenvalue weighted by atomic mass is 16.4. The second-order valence-electron chi connectivity index (χ2n) is 5.49. The molecule has 0 radical (unpaired) electrons. The van der Waals surface area contributed by atoms with Gasteiger partial charge in [-0.1, -0.05) is 0 Å². The minimum absolute atomic E-state index is 0.0370. The smallest absolute Gasteiger partial charge is 0.337 e. The highest BCUT2D eigenvalue weighted by molar-refractivity contribution is 5.84. The largest absolute Gasteiger partial charge is 0.479 e. The van der Waals surface area contributed by atoms with Crippen molar-refractivity contribution in [3.05, 3.63) is 0 Å². The summed E-state index contributed by atoms with van der Waals surface area (Å²) >= 11 is 0. The number of carbonyl (C=O) groups excluding carboxylic acids is 2. The third-order valence-electron chi connectivity index (χ3n) is 3.91. The van der Waals surface area contributed by atoms with E-state index in [0.717, 1.165) is 19.8 Å². The molecule has 0 aromatic carbocycles. The number of fused-ring (bicyclic) bond motifs is 1. The minimum atomic E-state index is -2.01. The average molecular weight is 285 g/mol.